The van der Waals surface area contributed by atoms with E-state index in [-0.39, 0.29) is 18.5 Å². The van der Waals surface area contributed by atoms with E-state index in [0.29, 0.717) is 19.4 Å². The topological polar surface area (TPSA) is 95.9 Å². The van der Waals surface area contributed by atoms with E-state index in [1.165, 1.54) is 218 Å². The Kier molecular flexibility index (Phi) is 52.1. The van der Waals surface area contributed by atoms with Crippen LogP contribution in [-0.4, -0.2) is 47.4 Å². The molecule has 2 unspecified atom stereocenters. The standard InChI is InChI=1S/C58H109NO5/c1-3-5-7-9-11-13-15-17-18-24-27-30-34-38-42-46-50-56(61)55(54-60)59-57(62)51-47-43-39-35-31-28-25-22-20-19-21-23-26-29-33-37-41-45-49-53-64-58(63)52-48-44-40-36-32-16-14-12-10-8-6-4-2/h12,14,19-20,46,50,55-56,60-61H,3-11,13,15-18,21-45,47-49,51-54H2,1-2H3,(H,59,62)/b14-12-,20-19-,50-46+. The molecule has 0 heterocycles. The molecule has 0 aromatic heterocycles. The first kappa shape index (κ1) is 62.1. The summed E-state index contributed by atoms with van der Waals surface area (Å²) in [6, 6.07) is -0.635. The first-order chi connectivity index (χ1) is 31.5. The van der Waals surface area contributed by atoms with Crippen LogP contribution in [-0.2, 0) is 14.3 Å². The van der Waals surface area contributed by atoms with E-state index in [1.807, 2.05) is 6.08 Å². The molecule has 2 atom stereocenters. The van der Waals surface area contributed by atoms with E-state index in [9.17, 15) is 19.8 Å². The number of hydrogen-bond acceptors (Lipinski definition) is 5. The van der Waals surface area contributed by atoms with Crippen molar-refractivity contribution in [1.82, 2.24) is 5.32 Å². The first-order valence-electron chi connectivity index (χ1n) is 28.3. The molecule has 376 valence electrons. The van der Waals surface area contributed by atoms with Crippen LogP contribution >= 0.6 is 0 Å². The van der Waals surface area contributed by atoms with E-state index in [2.05, 4.69) is 43.5 Å². The number of aliphatic hydroxyl groups is 2. The van der Waals surface area contributed by atoms with Gasteiger partial charge < -0.3 is 20.3 Å². The predicted octanol–water partition coefficient (Wildman–Crippen LogP) is 17.2. The molecule has 6 heteroatoms. The Balaban J connectivity index is 3.48. The van der Waals surface area contributed by atoms with Crippen LogP contribution in [0.5, 0.6) is 0 Å². The third kappa shape index (κ3) is 49.5. The molecular weight excluding hydrogens is 791 g/mol. The van der Waals surface area contributed by atoms with Gasteiger partial charge in [0.1, 0.15) is 0 Å². The Morgan fingerprint density at radius 3 is 1.14 bits per heavy atom. The van der Waals surface area contributed by atoms with Crippen molar-refractivity contribution in [3.05, 3.63) is 36.5 Å². The van der Waals surface area contributed by atoms with E-state index in [4.69, 9.17) is 4.74 Å². The minimum absolute atomic E-state index is 0.00726. The summed E-state index contributed by atoms with van der Waals surface area (Å²) in [6.45, 7) is 4.87. The van der Waals surface area contributed by atoms with Crippen LogP contribution in [0, 0.1) is 0 Å². The average Bonchev–Trinajstić information content (AvgIpc) is 3.29. The Morgan fingerprint density at radius 1 is 0.422 bits per heavy atom. The summed E-state index contributed by atoms with van der Waals surface area (Å²) in [4.78, 5) is 24.4. The molecule has 0 rings (SSSR count). The fourth-order valence-electron chi connectivity index (χ4n) is 8.50. The van der Waals surface area contributed by atoms with Crippen molar-refractivity contribution in [2.75, 3.05) is 13.2 Å². The van der Waals surface area contributed by atoms with Gasteiger partial charge in [0, 0.05) is 12.8 Å². The number of esters is 1. The highest BCUT2D eigenvalue weighted by Gasteiger charge is 2.18. The van der Waals surface area contributed by atoms with Gasteiger partial charge in [-0.2, -0.15) is 0 Å². The number of amides is 1. The lowest BCUT2D eigenvalue weighted by molar-refractivity contribution is -0.143. The lowest BCUT2D eigenvalue weighted by atomic mass is 10.0. The van der Waals surface area contributed by atoms with E-state index in [0.717, 1.165) is 51.4 Å². The summed E-state index contributed by atoms with van der Waals surface area (Å²) in [5.74, 6) is -0.0844. The highest BCUT2D eigenvalue weighted by molar-refractivity contribution is 5.76. The number of unbranched alkanes of at least 4 members (excludes halogenated alkanes) is 37. The van der Waals surface area contributed by atoms with Crippen molar-refractivity contribution in [3.63, 3.8) is 0 Å². The maximum atomic E-state index is 12.4. The van der Waals surface area contributed by atoms with Crippen molar-refractivity contribution < 1.29 is 24.5 Å². The fraction of sp³-hybridized carbons (Fsp3) is 0.862. The summed E-state index contributed by atoms with van der Waals surface area (Å²) in [6.07, 6.45) is 65.9. The number of aliphatic hydroxyl groups excluding tert-OH is 2. The number of carbonyl (C=O) groups excluding carboxylic acids is 2. The van der Waals surface area contributed by atoms with Gasteiger partial charge in [0.25, 0.3) is 0 Å². The van der Waals surface area contributed by atoms with Gasteiger partial charge >= 0.3 is 5.97 Å². The molecule has 6 nitrogen and oxygen atoms in total. The predicted molar refractivity (Wildman–Crippen MR) is 278 cm³/mol. The number of carbonyl (C=O) groups is 2. The third-order valence-electron chi connectivity index (χ3n) is 12.9. The SMILES string of the molecule is CCCCC/C=C\CCCCCCCC(=O)OCCCCCCCCCC/C=C\CCCCCCCCCC(=O)NC(CO)C(O)/C=C/CCCCCCCCCCCCCCCC. The Labute approximate surface area is 398 Å². The second-order valence-electron chi connectivity index (χ2n) is 19.3. The van der Waals surface area contributed by atoms with Crippen molar-refractivity contribution >= 4 is 11.9 Å². The van der Waals surface area contributed by atoms with Gasteiger partial charge in [0.05, 0.1) is 25.4 Å². The molecule has 0 aliphatic carbocycles. The molecule has 0 aromatic rings. The molecule has 0 saturated heterocycles. The summed E-state index contributed by atoms with van der Waals surface area (Å²) in [5, 5.41) is 23.1. The van der Waals surface area contributed by atoms with Gasteiger partial charge in [0.15, 0.2) is 0 Å². The minimum Gasteiger partial charge on any atom is -0.466 e. The molecular formula is C58H109NO5. The summed E-state index contributed by atoms with van der Waals surface area (Å²) in [5.41, 5.74) is 0. The zero-order valence-corrected chi connectivity index (χ0v) is 42.8. The van der Waals surface area contributed by atoms with E-state index in [1.54, 1.807) is 6.08 Å². The molecule has 64 heavy (non-hydrogen) atoms. The molecule has 0 aromatic carbocycles. The molecule has 1 amide bonds. The van der Waals surface area contributed by atoms with Gasteiger partial charge in [-0.15, -0.1) is 0 Å². The number of nitrogens with one attached hydrogen (secondary N) is 1. The van der Waals surface area contributed by atoms with Gasteiger partial charge in [-0.05, 0) is 83.5 Å². The number of ether oxygens (including phenoxy) is 1. The maximum Gasteiger partial charge on any atom is 0.305 e. The van der Waals surface area contributed by atoms with Crippen LogP contribution in [0.25, 0.3) is 0 Å². The number of rotatable bonds is 52. The Morgan fingerprint density at radius 2 is 0.734 bits per heavy atom. The van der Waals surface area contributed by atoms with Crippen molar-refractivity contribution in [2.45, 2.75) is 309 Å². The van der Waals surface area contributed by atoms with Crippen LogP contribution in [0.3, 0.4) is 0 Å². The van der Waals surface area contributed by atoms with Crippen molar-refractivity contribution in [2.24, 2.45) is 0 Å². The fourth-order valence-corrected chi connectivity index (χ4v) is 8.50. The van der Waals surface area contributed by atoms with Crippen LogP contribution in [0.15, 0.2) is 36.5 Å². The molecule has 0 bridgehead atoms. The zero-order chi connectivity index (χ0) is 46.5. The van der Waals surface area contributed by atoms with Gasteiger partial charge in [-0.1, -0.05) is 237 Å². The van der Waals surface area contributed by atoms with Crippen molar-refractivity contribution in [1.29, 1.82) is 0 Å². The molecule has 0 aliphatic rings. The van der Waals surface area contributed by atoms with E-state index >= 15 is 0 Å². The second-order valence-corrected chi connectivity index (χ2v) is 19.3. The van der Waals surface area contributed by atoms with Gasteiger partial charge in [-0.25, -0.2) is 0 Å². The molecule has 0 spiro atoms. The van der Waals surface area contributed by atoms with Crippen LogP contribution in [0.2, 0.25) is 0 Å². The van der Waals surface area contributed by atoms with E-state index < -0.39 is 12.1 Å². The van der Waals surface area contributed by atoms with Crippen LogP contribution in [0.1, 0.15) is 296 Å². The largest absolute Gasteiger partial charge is 0.466 e. The quantitative estimate of drug-likeness (QED) is 0.0321. The smallest absolute Gasteiger partial charge is 0.305 e. The van der Waals surface area contributed by atoms with Gasteiger partial charge in [-0.3, -0.25) is 9.59 Å². The molecule has 0 saturated carbocycles. The van der Waals surface area contributed by atoms with Gasteiger partial charge in [0.2, 0.25) is 5.91 Å². The normalized spacial score (nSPS) is 12.9. The zero-order valence-electron chi connectivity index (χ0n) is 42.8. The monoisotopic (exact) mass is 900 g/mol. The highest BCUT2D eigenvalue weighted by atomic mass is 16.5. The molecule has 0 aliphatic heterocycles. The highest BCUT2D eigenvalue weighted by Crippen LogP contribution is 2.16. The minimum atomic E-state index is -0.851. The lowest BCUT2D eigenvalue weighted by Crippen LogP contribution is -2.45. The third-order valence-corrected chi connectivity index (χ3v) is 12.9. The first-order valence-corrected chi connectivity index (χ1v) is 28.3. The molecule has 3 N–H and O–H groups in total. The van der Waals surface area contributed by atoms with Crippen molar-refractivity contribution in [3.8, 4) is 0 Å². The molecule has 0 radical (unpaired) electrons. The number of allylic oxidation sites excluding steroid dienone is 5. The van der Waals surface area contributed by atoms with Crippen LogP contribution in [0.4, 0.5) is 0 Å². The maximum absolute atomic E-state index is 12.4. The van der Waals surface area contributed by atoms with Crippen LogP contribution < -0.4 is 5.32 Å². The summed E-state index contributed by atoms with van der Waals surface area (Å²) >= 11 is 0. The number of hydrogen-bond donors (Lipinski definition) is 3. The Bertz CT molecular complexity index is 1040. The lowest BCUT2D eigenvalue weighted by Gasteiger charge is -2.20. The summed E-state index contributed by atoms with van der Waals surface area (Å²) in [7, 11) is 0. The Hall–Kier alpha value is -1.92. The molecule has 0 fully saturated rings. The average molecular weight is 901 g/mol. The summed E-state index contributed by atoms with van der Waals surface area (Å²) < 4.78 is 5.45. The second kappa shape index (κ2) is 53.7.